The molecule has 2 aliphatic heterocycles. The Balaban J connectivity index is 1.39. The number of ether oxygens (including phenoxy) is 2. The summed E-state index contributed by atoms with van der Waals surface area (Å²) in [6, 6.07) is 5.30. The SMILES string of the molecule is COC(=O)c1ccc(NC(=O)[C@@H]2C[C@H](N3CCN(C(N)=O)CC3)CN2C(=O)C2CCC(CNC(=O)OC(C)(C)C)CC2)cc1. The molecule has 13 nitrogen and oxygen atoms in total. The lowest BCUT2D eigenvalue weighted by molar-refractivity contribution is -0.141. The number of esters is 1. The number of piperazine rings is 1. The maximum atomic E-state index is 13.9. The van der Waals surface area contributed by atoms with Crippen LogP contribution in [0.4, 0.5) is 15.3 Å². The number of rotatable bonds is 7. The smallest absolute Gasteiger partial charge is 0.407 e. The number of nitrogens with one attached hydrogen (secondary N) is 2. The fourth-order valence-corrected chi connectivity index (χ4v) is 6.30. The summed E-state index contributed by atoms with van der Waals surface area (Å²) in [5.41, 5.74) is 5.78. The van der Waals surface area contributed by atoms with E-state index in [2.05, 4.69) is 15.5 Å². The lowest BCUT2D eigenvalue weighted by atomic mass is 9.81. The molecule has 13 heteroatoms. The van der Waals surface area contributed by atoms with E-state index in [1.54, 1.807) is 34.1 Å². The van der Waals surface area contributed by atoms with Gasteiger partial charge in [0.25, 0.3) is 0 Å². The number of anilines is 1. The summed E-state index contributed by atoms with van der Waals surface area (Å²) in [5.74, 6) is -0.717. The van der Waals surface area contributed by atoms with E-state index in [9.17, 15) is 24.0 Å². The third-order valence-corrected chi connectivity index (χ3v) is 8.71. The van der Waals surface area contributed by atoms with Crippen molar-refractivity contribution in [1.82, 2.24) is 20.0 Å². The minimum atomic E-state index is -0.659. The van der Waals surface area contributed by atoms with Gasteiger partial charge in [-0.25, -0.2) is 14.4 Å². The first-order chi connectivity index (χ1) is 20.8. The van der Waals surface area contributed by atoms with E-state index in [1.165, 1.54) is 7.11 Å². The van der Waals surface area contributed by atoms with E-state index in [4.69, 9.17) is 15.2 Å². The summed E-state index contributed by atoms with van der Waals surface area (Å²) < 4.78 is 10.1. The first kappa shape index (κ1) is 33.0. The largest absolute Gasteiger partial charge is 0.465 e. The molecule has 3 aliphatic rings. The maximum absolute atomic E-state index is 13.9. The molecule has 1 saturated carbocycles. The average Bonchev–Trinajstić information content (AvgIpc) is 3.45. The fourth-order valence-electron chi connectivity index (χ4n) is 6.30. The van der Waals surface area contributed by atoms with Crippen molar-refractivity contribution in [2.75, 3.05) is 51.7 Å². The number of hydrogen-bond acceptors (Lipinski definition) is 8. The number of nitrogens with two attached hydrogens (primary N) is 1. The highest BCUT2D eigenvalue weighted by atomic mass is 16.6. The second kappa shape index (κ2) is 14.3. The maximum Gasteiger partial charge on any atom is 0.407 e. The zero-order valence-corrected chi connectivity index (χ0v) is 26.2. The summed E-state index contributed by atoms with van der Waals surface area (Å²) in [7, 11) is 1.31. The summed E-state index contributed by atoms with van der Waals surface area (Å²) in [6.07, 6.45) is 2.99. The molecule has 5 amide bonds. The molecule has 3 fully saturated rings. The van der Waals surface area contributed by atoms with Crippen LogP contribution < -0.4 is 16.4 Å². The Morgan fingerprint density at radius 2 is 1.59 bits per heavy atom. The van der Waals surface area contributed by atoms with Gasteiger partial charge in [0.15, 0.2) is 0 Å². The van der Waals surface area contributed by atoms with Gasteiger partial charge in [-0.3, -0.25) is 14.5 Å². The third kappa shape index (κ3) is 8.61. The number of carbonyl (C=O) groups excluding carboxylic acids is 5. The lowest BCUT2D eigenvalue weighted by Gasteiger charge is -2.37. The molecule has 0 unspecified atom stereocenters. The minimum Gasteiger partial charge on any atom is -0.465 e. The second-order valence-electron chi connectivity index (χ2n) is 12.9. The van der Waals surface area contributed by atoms with Gasteiger partial charge in [-0.15, -0.1) is 0 Å². The molecule has 2 heterocycles. The number of benzene rings is 1. The summed E-state index contributed by atoms with van der Waals surface area (Å²) in [6.45, 7) is 8.64. The van der Waals surface area contributed by atoms with Crippen LogP contribution in [0.1, 0.15) is 63.2 Å². The number of hydrogen-bond donors (Lipinski definition) is 3. The van der Waals surface area contributed by atoms with Crippen LogP contribution in [0, 0.1) is 11.8 Å². The Morgan fingerprint density at radius 3 is 2.16 bits per heavy atom. The van der Waals surface area contributed by atoms with Crippen molar-refractivity contribution in [1.29, 1.82) is 0 Å². The third-order valence-electron chi connectivity index (χ3n) is 8.71. The zero-order chi connectivity index (χ0) is 32.0. The molecule has 0 bridgehead atoms. The van der Waals surface area contributed by atoms with Crippen molar-refractivity contribution in [2.24, 2.45) is 17.6 Å². The van der Waals surface area contributed by atoms with Crippen LogP contribution in [0.25, 0.3) is 0 Å². The van der Waals surface area contributed by atoms with Gasteiger partial charge < -0.3 is 35.6 Å². The van der Waals surface area contributed by atoms with Crippen molar-refractivity contribution in [3.05, 3.63) is 29.8 Å². The normalized spacial score (nSPS) is 24.4. The number of amides is 5. The molecule has 1 aromatic carbocycles. The van der Waals surface area contributed by atoms with E-state index >= 15 is 0 Å². The van der Waals surface area contributed by atoms with Gasteiger partial charge in [-0.2, -0.15) is 0 Å². The van der Waals surface area contributed by atoms with E-state index in [-0.39, 0.29) is 29.7 Å². The van der Waals surface area contributed by atoms with E-state index in [0.29, 0.717) is 69.8 Å². The number of methoxy groups -OCH3 is 1. The molecular weight excluding hydrogens is 568 g/mol. The van der Waals surface area contributed by atoms with Gasteiger partial charge >= 0.3 is 18.1 Å². The summed E-state index contributed by atoms with van der Waals surface area (Å²) in [5, 5.41) is 5.77. The van der Waals surface area contributed by atoms with Gasteiger partial charge in [0, 0.05) is 56.9 Å². The van der Waals surface area contributed by atoms with Crippen LogP contribution in [-0.4, -0.2) is 109 Å². The molecular formula is C31H46N6O7. The Hall–Kier alpha value is -3.87. The quantitative estimate of drug-likeness (QED) is 0.394. The molecule has 2 atom stereocenters. The Morgan fingerprint density at radius 1 is 0.955 bits per heavy atom. The number of urea groups is 1. The predicted molar refractivity (Wildman–Crippen MR) is 163 cm³/mol. The van der Waals surface area contributed by atoms with Crippen molar-refractivity contribution in [2.45, 2.75) is 70.6 Å². The highest BCUT2D eigenvalue weighted by Crippen LogP contribution is 2.33. The monoisotopic (exact) mass is 614 g/mol. The lowest BCUT2D eigenvalue weighted by Crippen LogP contribution is -2.54. The van der Waals surface area contributed by atoms with Crippen LogP contribution in [0.2, 0.25) is 0 Å². The molecule has 1 aliphatic carbocycles. The van der Waals surface area contributed by atoms with Gasteiger partial charge in [0.05, 0.1) is 12.7 Å². The first-order valence-electron chi connectivity index (χ1n) is 15.4. The number of carbonyl (C=O) groups is 5. The first-order valence-corrected chi connectivity index (χ1v) is 15.4. The van der Waals surface area contributed by atoms with E-state index in [1.807, 2.05) is 20.8 Å². The minimum absolute atomic E-state index is 0.0250. The fraction of sp³-hybridized carbons (Fsp3) is 0.645. The van der Waals surface area contributed by atoms with Gasteiger partial charge in [-0.05, 0) is 83.1 Å². The van der Waals surface area contributed by atoms with Gasteiger partial charge in [0.2, 0.25) is 11.8 Å². The topological polar surface area (TPSA) is 164 Å². The highest BCUT2D eigenvalue weighted by molar-refractivity contribution is 5.98. The molecule has 4 N–H and O–H groups in total. The van der Waals surface area contributed by atoms with Crippen molar-refractivity contribution < 1.29 is 33.4 Å². The zero-order valence-electron chi connectivity index (χ0n) is 26.2. The summed E-state index contributed by atoms with van der Waals surface area (Å²) >= 11 is 0. The van der Waals surface area contributed by atoms with Crippen molar-refractivity contribution in [3.63, 3.8) is 0 Å². The standard InChI is InChI=1S/C31H46N6O7/c1-31(2,3)44-30(42)33-18-20-5-7-21(8-6-20)27(39)37-19-24(35-13-15-36(16-14-35)29(32)41)17-25(37)26(38)34-23-11-9-22(10-12-23)28(40)43-4/h9-12,20-21,24-25H,5-8,13-19H2,1-4H3,(H2,32,41)(H,33,42)(H,34,38)/t20?,21?,24-,25-/m0/s1. The van der Waals surface area contributed by atoms with Crippen molar-refractivity contribution in [3.8, 4) is 0 Å². The molecule has 0 aromatic heterocycles. The number of likely N-dealkylation sites (tertiary alicyclic amines) is 1. The van der Waals surface area contributed by atoms with Crippen molar-refractivity contribution >= 4 is 35.6 Å². The van der Waals surface area contributed by atoms with Crippen LogP contribution in [-0.2, 0) is 19.1 Å². The summed E-state index contributed by atoms with van der Waals surface area (Å²) in [4.78, 5) is 68.6. The molecule has 2 saturated heterocycles. The van der Waals surface area contributed by atoms with E-state index < -0.39 is 29.7 Å². The Kier molecular flexibility index (Phi) is 10.7. The molecule has 44 heavy (non-hydrogen) atoms. The molecule has 0 radical (unpaired) electrons. The van der Waals surface area contributed by atoms with Crippen LogP contribution in [0.15, 0.2) is 24.3 Å². The molecule has 1 aromatic rings. The Bertz CT molecular complexity index is 1200. The highest BCUT2D eigenvalue weighted by Gasteiger charge is 2.44. The molecule has 4 rings (SSSR count). The number of alkyl carbamates (subject to hydrolysis) is 1. The Labute approximate surface area is 258 Å². The predicted octanol–water partition coefficient (Wildman–Crippen LogP) is 2.41. The average molecular weight is 615 g/mol. The molecule has 0 spiro atoms. The van der Waals surface area contributed by atoms with Crippen LogP contribution >= 0.6 is 0 Å². The van der Waals surface area contributed by atoms with Crippen LogP contribution in [0.5, 0.6) is 0 Å². The number of primary amides is 1. The van der Waals surface area contributed by atoms with E-state index in [0.717, 1.165) is 12.8 Å². The second-order valence-corrected chi connectivity index (χ2v) is 12.9. The van der Waals surface area contributed by atoms with Gasteiger partial charge in [-0.1, -0.05) is 0 Å². The molecule has 242 valence electrons. The van der Waals surface area contributed by atoms with Crippen LogP contribution in [0.3, 0.4) is 0 Å². The number of nitrogens with zero attached hydrogens (tertiary/aromatic N) is 3. The van der Waals surface area contributed by atoms with Gasteiger partial charge in [0.1, 0.15) is 11.6 Å².